The maximum atomic E-state index is 11.7. The second-order valence-electron chi connectivity index (χ2n) is 3.74. The van der Waals surface area contributed by atoms with E-state index in [0.717, 1.165) is 0 Å². The highest BCUT2D eigenvalue weighted by Crippen LogP contribution is 2.30. The van der Waals surface area contributed by atoms with E-state index in [1.165, 1.54) is 11.3 Å². The van der Waals surface area contributed by atoms with Crippen molar-refractivity contribution in [1.82, 2.24) is 0 Å². The van der Waals surface area contributed by atoms with Gasteiger partial charge in [-0.1, -0.05) is 6.07 Å². The third-order valence-electron chi connectivity index (χ3n) is 2.55. The van der Waals surface area contributed by atoms with Crippen molar-refractivity contribution in [2.45, 2.75) is 0 Å². The van der Waals surface area contributed by atoms with E-state index < -0.39 is 5.97 Å². The minimum Gasteiger partial charge on any atom is -0.485 e. The van der Waals surface area contributed by atoms with Crippen molar-refractivity contribution in [1.29, 1.82) is 0 Å². The van der Waals surface area contributed by atoms with Crippen molar-refractivity contribution in [2.75, 3.05) is 6.61 Å². The number of fused-ring (bicyclic) bond motifs is 1. The van der Waals surface area contributed by atoms with Crippen molar-refractivity contribution in [3.8, 4) is 11.5 Å². The number of carbonyl (C=O) groups excluding carboxylic acids is 2. The molecule has 0 unspecified atom stereocenters. The average molecular weight is 260 g/mol. The Morgan fingerprint density at radius 1 is 1.33 bits per heavy atom. The summed E-state index contributed by atoms with van der Waals surface area (Å²) in [6.07, 6.45) is 0. The Kier molecular flexibility index (Phi) is 2.60. The summed E-state index contributed by atoms with van der Waals surface area (Å²) >= 11 is 1.32. The lowest BCUT2D eigenvalue weighted by Gasteiger charge is -2.04. The zero-order valence-corrected chi connectivity index (χ0v) is 10.0. The molecule has 0 aliphatic carbocycles. The van der Waals surface area contributed by atoms with Gasteiger partial charge in [-0.15, -0.1) is 11.3 Å². The van der Waals surface area contributed by atoms with Gasteiger partial charge in [0.15, 0.2) is 6.61 Å². The molecule has 1 aliphatic rings. The van der Waals surface area contributed by atoms with Crippen LogP contribution in [0.2, 0.25) is 0 Å². The predicted octanol–water partition coefficient (Wildman–Crippen LogP) is 2.54. The molecule has 0 amide bonds. The van der Waals surface area contributed by atoms with Crippen molar-refractivity contribution >= 4 is 23.1 Å². The van der Waals surface area contributed by atoms with Crippen LogP contribution in [0.15, 0.2) is 35.7 Å². The number of benzene rings is 1. The molecule has 3 rings (SSSR count). The van der Waals surface area contributed by atoms with E-state index in [2.05, 4.69) is 0 Å². The molecule has 18 heavy (non-hydrogen) atoms. The predicted molar refractivity (Wildman–Crippen MR) is 65.5 cm³/mol. The van der Waals surface area contributed by atoms with Crippen molar-refractivity contribution < 1.29 is 19.1 Å². The van der Waals surface area contributed by atoms with Gasteiger partial charge in [0.05, 0.1) is 5.56 Å². The average Bonchev–Trinajstić information content (AvgIpc) is 2.99. The number of thiophene rings is 1. The highest BCUT2D eigenvalue weighted by molar-refractivity contribution is 7.12. The maximum Gasteiger partial charge on any atom is 0.353 e. The summed E-state index contributed by atoms with van der Waals surface area (Å²) < 4.78 is 10.4. The molecule has 1 aliphatic heterocycles. The van der Waals surface area contributed by atoms with E-state index >= 15 is 0 Å². The molecule has 0 N–H and O–H groups in total. The Labute approximate surface area is 107 Å². The van der Waals surface area contributed by atoms with Crippen LogP contribution in [-0.2, 0) is 0 Å². The summed E-state index contributed by atoms with van der Waals surface area (Å²) in [5.74, 6) is 0.383. The first-order chi connectivity index (χ1) is 8.74. The first-order valence-corrected chi connectivity index (χ1v) is 6.18. The van der Waals surface area contributed by atoms with E-state index in [1.807, 2.05) is 0 Å². The van der Waals surface area contributed by atoms with Gasteiger partial charge < -0.3 is 9.47 Å². The van der Waals surface area contributed by atoms with Gasteiger partial charge >= 0.3 is 5.97 Å². The van der Waals surface area contributed by atoms with Crippen LogP contribution >= 0.6 is 11.3 Å². The quantitative estimate of drug-likeness (QED) is 0.615. The smallest absolute Gasteiger partial charge is 0.353 e. The zero-order valence-electron chi connectivity index (χ0n) is 9.21. The van der Waals surface area contributed by atoms with Crippen molar-refractivity contribution in [3.63, 3.8) is 0 Å². The van der Waals surface area contributed by atoms with E-state index in [1.54, 1.807) is 35.7 Å². The van der Waals surface area contributed by atoms with Crippen LogP contribution in [0.1, 0.15) is 20.0 Å². The highest BCUT2D eigenvalue weighted by atomic mass is 32.1. The fourth-order valence-electron chi connectivity index (χ4n) is 1.69. The van der Waals surface area contributed by atoms with Gasteiger partial charge in [0.1, 0.15) is 16.4 Å². The number of Topliss-reactive ketones (excluding diaryl/α,β-unsaturated/α-hetero) is 1. The third-order valence-corrected chi connectivity index (χ3v) is 3.40. The molecule has 0 fully saturated rings. The van der Waals surface area contributed by atoms with Gasteiger partial charge in [-0.25, -0.2) is 4.79 Å². The van der Waals surface area contributed by atoms with Crippen LogP contribution in [0.25, 0.3) is 0 Å². The molecule has 0 saturated carbocycles. The van der Waals surface area contributed by atoms with Gasteiger partial charge in [0.25, 0.3) is 0 Å². The molecule has 0 atom stereocenters. The van der Waals surface area contributed by atoms with Gasteiger partial charge in [0.2, 0.25) is 5.78 Å². The Hall–Kier alpha value is -2.14. The van der Waals surface area contributed by atoms with Crippen molar-refractivity contribution in [2.24, 2.45) is 0 Å². The lowest BCUT2D eigenvalue weighted by atomic mass is 10.1. The topological polar surface area (TPSA) is 52.6 Å². The number of rotatable bonds is 2. The fourth-order valence-corrected chi connectivity index (χ4v) is 2.29. The fraction of sp³-hybridized carbons (Fsp3) is 0.0769. The summed E-state index contributed by atoms with van der Waals surface area (Å²) in [7, 11) is 0. The van der Waals surface area contributed by atoms with Crippen LogP contribution in [0, 0.1) is 0 Å². The zero-order chi connectivity index (χ0) is 12.5. The summed E-state index contributed by atoms with van der Waals surface area (Å²) in [5, 5.41) is 1.81. The molecule has 1 aromatic carbocycles. The van der Waals surface area contributed by atoms with Gasteiger partial charge in [-0.3, -0.25) is 4.79 Å². The van der Waals surface area contributed by atoms with Crippen LogP contribution < -0.4 is 9.47 Å². The lowest BCUT2D eigenvalue weighted by molar-refractivity contribution is 0.0739. The molecule has 0 bridgehead atoms. The molecule has 0 radical (unpaired) electrons. The van der Waals surface area contributed by atoms with E-state index in [4.69, 9.17) is 9.47 Å². The number of ketones is 1. The Balaban J connectivity index is 1.82. The minimum absolute atomic E-state index is 0.0532. The van der Waals surface area contributed by atoms with Crippen LogP contribution in [0.3, 0.4) is 0 Å². The second-order valence-corrected chi connectivity index (χ2v) is 4.68. The first-order valence-electron chi connectivity index (χ1n) is 5.30. The molecule has 2 heterocycles. The Morgan fingerprint density at radius 2 is 2.22 bits per heavy atom. The number of hydrogen-bond donors (Lipinski definition) is 0. The van der Waals surface area contributed by atoms with Crippen LogP contribution in [-0.4, -0.2) is 18.4 Å². The first kappa shape index (κ1) is 11.0. The molecule has 1 aromatic heterocycles. The Bertz CT molecular complexity index is 616. The molecule has 0 spiro atoms. The maximum absolute atomic E-state index is 11.7. The van der Waals surface area contributed by atoms with E-state index in [9.17, 15) is 9.59 Å². The molecule has 4 nitrogen and oxygen atoms in total. The summed E-state index contributed by atoms with van der Waals surface area (Å²) in [6.45, 7) is 0.0532. The Morgan fingerprint density at radius 3 is 3.00 bits per heavy atom. The summed E-state index contributed by atoms with van der Waals surface area (Å²) in [6, 6.07) is 8.25. The number of carbonyl (C=O) groups is 2. The molecular weight excluding hydrogens is 252 g/mol. The molecule has 90 valence electrons. The van der Waals surface area contributed by atoms with Gasteiger partial charge in [0, 0.05) is 6.07 Å². The SMILES string of the molecule is O=C(Oc1ccc2c(c1)OCC2=O)c1cccs1. The number of esters is 1. The minimum atomic E-state index is -0.408. The standard InChI is InChI=1S/C13H8O4S/c14-10-7-16-11-6-8(3-4-9(10)11)17-13(15)12-2-1-5-18-12/h1-6H,7H2. The molecule has 5 heteroatoms. The van der Waals surface area contributed by atoms with Crippen LogP contribution in [0.5, 0.6) is 11.5 Å². The monoisotopic (exact) mass is 260 g/mol. The van der Waals surface area contributed by atoms with Gasteiger partial charge in [-0.05, 0) is 23.6 Å². The largest absolute Gasteiger partial charge is 0.485 e. The lowest BCUT2D eigenvalue weighted by Crippen LogP contribution is -2.06. The third kappa shape index (κ3) is 1.89. The second kappa shape index (κ2) is 4.27. The van der Waals surface area contributed by atoms with Crippen molar-refractivity contribution in [3.05, 3.63) is 46.2 Å². The number of ether oxygens (including phenoxy) is 2. The highest BCUT2D eigenvalue weighted by Gasteiger charge is 2.22. The normalized spacial score (nSPS) is 13.0. The van der Waals surface area contributed by atoms with Gasteiger partial charge in [-0.2, -0.15) is 0 Å². The molecule has 2 aromatic rings. The van der Waals surface area contributed by atoms with E-state index in [-0.39, 0.29) is 12.4 Å². The molecular formula is C13H8O4S. The summed E-state index contributed by atoms with van der Waals surface area (Å²) in [4.78, 5) is 23.6. The van der Waals surface area contributed by atoms with E-state index in [0.29, 0.717) is 21.9 Å². The van der Waals surface area contributed by atoms with Crippen LogP contribution in [0.4, 0.5) is 0 Å². The number of hydrogen-bond acceptors (Lipinski definition) is 5. The summed E-state index contributed by atoms with van der Waals surface area (Å²) in [5.41, 5.74) is 0.533. The molecule has 0 saturated heterocycles.